The molecule has 0 fully saturated rings. The van der Waals surface area contributed by atoms with Gasteiger partial charge in [-0.25, -0.2) is 4.39 Å². The van der Waals surface area contributed by atoms with Crippen molar-refractivity contribution in [2.45, 2.75) is 26.4 Å². The van der Waals surface area contributed by atoms with Crippen LogP contribution in [0.2, 0.25) is 5.02 Å². The number of aromatic amines is 1. The van der Waals surface area contributed by atoms with Gasteiger partial charge < -0.3 is 10.0 Å². The number of carbonyl (C=O) groups excluding carboxylic acids is 1. The van der Waals surface area contributed by atoms with Crippen LogP contribution < -0.4 is 0 Å². The number of H-pyrrole nitrogens is 1. The quantitative estimate of drug-likeness (QED) is 0.395. The molecule has 4 aromatic rings. The van der Waals surface area contributed by atoms with Gasteiger partial charge >= 0.3 is 0 Å². The fourth-order valence-corrected chi connectivity index (χ4v) is 4.47. The molecule has 5 nitrogen and oxygen atoms in total. The molecular weight excluding hydrogens is 441 g/mol. The second-order valence-electron chi connectivity index (χ2n) is 8.35. The highest BCUT2D eigenvalue weighted by Crippen LogP contribution is 2.45. The monoisotopic (exact) mass is 461 g/mol. The number of amides is 1. The van der Waals surface area contributed by atoms with Gasteiger partial charge in [-0.3, -0.25) is 9.89 Å². The van der Waals surface area contributed by atoms with Crippen LogP contribution in [0.3, 0.4) is 0 Å². The number of nitrogens with one attached hydrogen (secondary N) is 1. The predicted octanol–water partition coefficient (Wildman–Crippen LogP) is 5.94. The van der Waals surface area contributed by atoms with Gasteiger partial charge in [0.15, 0.2) is 0 Å². The van der Waals surface area contributed by atoms with E-state index in [-0.39, 0.29) is 17.5 Å². The van der Waals surface area contributed by atoms with Crippen molar-refractivity contribution in [1.29, 1.82) is 0 Å². The largest absolute Gasteiger partial charge is 0.507 e. The van der Waals surface area contributed by atoms with E-state index in [1.165, 1.54) is 12.1 Å². The average molecular weight is 462 g/mol. The Morgan fingerprint density at radius 3 is 2.48 bits per heavy atom. The molecule has 1 aliphatic heterocycles. The summed E-state index contributed by atoms with van der Waals surface area (Å²) >= 11 is 6.34. The zero-order valence-electron chi connectivity index (χ0n) is 18.1. The fourth-order valence-electron chi connectivity index (χ4n) is 4.30. The molecule has 7 heteroatoms. The molecule has 1 atom stereocenters. The van der Waals surface area contributed by atoms with Crippen molar-refractivity contribution in [3.8, 4) is 17.0 Å². The van der Waals surface area contributed by atoms with Gasteiger partial charge in [-0.1, -0.05) is 53.6 Å². The van der Waals surface area contributed by atoms with Gasteiger partial charge in [-0.05, 0) is 54.8 Å². The molecular formula is C26H21ClFN3O2. The second-order valence-corrected chi connectivity index (χ2v) is 8.76. The Hall–Kier alpha value is -3.64. The Bertz CT molecular complexity index is 1360. The first kappa shape index (κ1) is 21.2. The second kappa shape index (κ2) is 8.05. The predicted molar refractivity (Wildman–Crippen MR) is 125 cm³/mol. The Morgan fingerprint density at radius 1 is 1.09 bits per heavy atom. The summed E-state index contributed by atoms with van der Waals surface area (Å²) < 4.78 is 13.4. The molecule has 1 amide bonds. The van der Waals surface area contributed by atoms with Gasteiger partial charge in [0.2, 0.25) is 0 Å². The summed E-state index contributed by atoms with van der Waals surface area (Å²) in [4.78, 5) is 15.2. The Labute approximate surface area is 195 Å². The summed E-state index contributed by atoms with van der Waals surface area (Å²) in [5, 5.41) is 18.4. The Morgan fingerprint density at radius 2 is 1.79 bits per heavy atom. The number of phenolic OH excluding ortho intramolecular Hbond substituents is 1. The molecule has 2 N–H and O–H groups in total. The molecule has 1 aromatic heterocycles. The number of aryl methyl sites for hydroxylation is 2. The van der Waals surface area contributed by atoms with Crippen LogP contribution in [-0.4, -0.2) is 26.1 Å². The van der Waals surface area contributed by atoms with Crippen LogP contribution in [-0.2, 0) is 6.54 Å². The van der Waals surface area contributed by atoms with Crippen LogP contribution in [0.1, 0.15) is 44.3 Å². The van der Waals surface area contributed by atoms with Crippen molar-refractivity contribution in [2.24, 2.45) is 0 Å². The topological polar surface area (TPSA) is 69.2 Å². The highest BCUT2D eigenvalue weighted by atomic mass is 35.5. The zero-order valence-corrected chi connectivity index (χ0v) is 18.8. The first-order valence-corrected chi connectivity index (χ1v) is 10.9. The van der Waals surface area contributed by atoms with E-state index in [1.807, 2.05) is 38.1 Å². The number of benzene rings is 3. The van der Waals surface area contributed by atoms with Crippen LogP contribution >= 0.6 is 11.6 Å². The Kier molecular flexibility index (Phi) is 5.17. The SMILES string of the molecule is Cc1ccc(C2c3c(-c4cc(Cl)c(C)cc4O)n[nH]c3C(=O)N2Cc2ccc(F)cc2)cc1. The molecule has 0 saturated carbocycles. The summed E-state index contributed by atoms with van der Waals surface area (Å²) in [5.74, 6) is -0.500. The number of fused-ring (bicyclic) bond motifs is 1. The summed E-state index contributed by atoms with van der Waals surface area (Å²) in [5.41, 5.74) is 5.55. The number of halogens is 2. The molecule has 0 radical (unpaired) electrons. The number of hydrogen-bond acceptors (Lipinski definition) is 3. The van der Waals surface area contributed by atoms with Crippen molar-refractivity contribution < 1.29 is 14.3 Å². The van der Waals surface area contributed by atoms with Crippen molar-refractivity contribution >= 4 is 17.5 Å². The number of nitrogens with zero attached hydrogens (tertiary/aromatic N) is 2. The first-order chi connectivity index (χ1) is 15.8. The highest BCUT2D eigenvalue weighted by molar-refractivity contribution is 6.31. The third-order valence-corrected chi connectivity index (χ3v) is 6.46. The molecule has 166 valence electrons. The minimum atomic E-state index is -0.439. The minimum Gasteiger partial charge on any atom is -0.507 e. The lowest BCUT2D eigenvalue weighted by Gasteiger charge is -2.26. The van der Waals surface area contributed by atoms with Gasteiger partial charge in [0.25, 0.3) is 5.91 Å². The van der Waals surface area contributed by atoms with E-state index in [4.69, 9.17) is 11.6 Å². The molecule has 2 heterocycles. The van der Waals surface area contributed by atoms with Crippen LogP contribution in [0.4, 0.5) is 4.39 Å². The Balaban J connectivity index is 1.66. The lowest BCUT2D eigenvalue weighted by Crippen LogP contribution is -2.29. The molecule has 5 rings (SSSR count). The maximum absolute atomic E-state index is 13.5. The summed E-state index contributed by atoms with van der Waals surface area (Å²) in [6.45, 7) is 4.10. The van der Waals surface area contributed by atoms with Crippen molar-refractivity contribution in [2.75, 3.05) is 0 Å². The van der Waals surface area contributed by atoms with E-state index in [1.54, 1.807) is 29.2 Å². The summed E-state index contributed by atoms with van der Waals surface area (Å²) in [7, 11) is 0. The van der Waals surface area contributed by atoms with E-state index in [2.05, 4.69) is 10.2 Å². The van der Waals surface area contributed by atoms with Crippen LogP contribution in [0, 0.1) is 19.7 Å². The number of aromatic hydroxyl groups is 1. The van der Waals surface area contributed by atoms with Crippen molar-refractivity contribution in [3.05, 3.63) is 105 Å². The highest BCUT2D eigenvalue weighted by Gasteiger charge is 2.42. The van der Waals surface area contributed by atoms with E-state index in [0.717, 1.165) is 22.3 Å². The lowest BCUT2D eigenvalue weighted by atomic mass is 9.94. The maximum Gasteiger partial charge on any atom is 0.273 e. The van der Waals surface area contributed by atoms with E-state index in [0.29, 0.717) is 34.1 Å². The third kappa shape index (κ3) is 3.66. The standard InChI is InChI=1S/C26H21ClFN3O2/c1-14-3-7-17(8-4-14)25-22-23(19-12-20(27)15(2)11-21(19)32)29-30-24(22)26(33)31(25)13-16-5-9-18(28)10-6-16/h3-12,25,32H,13H2,1-2H3,(H,29,30). The van der Waals surface area contributed by atoms with Crippen LogP contribution in [0.25, 0.3) is 11.3 Å². The van der Waals surface area contributed by atoms with Gasteiger partial charge in [0.05, 0.1) is 6.04 Å². The number of hydrogen-bond donors (Lipinski definition) is 2. The maximum atomic E-state index is 13.5. The summed E-state index contributed by atoms with van der Waals surface area (Å²) in [6, 6.07) is 16.9. The van der Waals surface area contributed by atoms with Gasteiger partial charge in [0, 0.05) is 22.7 Å². The molecule has 1 aliphatic rings. The van der Waals surface area contributed by atoms with E-state index in [9.17, 15) is 14.3 Å². The van der Waals surface area contributed by atoms with Crippen LogP contribution in [0.5, 0.6) is 5.75 Å². The number of aromatic nitrogens is 2. The van der Waals surface area contributed by atoms with Gasteiger partial charge in [-0.2, -0.15) is 5.10 Å². The molecule has 3 aromatic carbocycles. The van der Waals surface area contributed by atoms with E-state index >= 15 is 0 Å². The minimum absolute atomic E-state index is 0.0401. The first-order valence-electron chi connectivity index (χ1n) is 10.5. The fraction of sp³-hybridized carbons (Fsp3) is 0.154. The molecule has 0 saturated heterocycles. The number of rotatable bonds is 4. The molecule has 0 spiro atoms. The van der Waals surface area contributed by atoms with Crippen molar-refractivity contribution in [3.63, 3.8) is 0 Å². The van der Waals surface area contributed by atoms with Gasteiger partial charge in [-0.15, -0.1) is 0 Å². The zero-order chi connectivity index (χ0) is 23.3. The number of phenols is 1. The molecule has 1 unspecified atom stereocenters. The normalized spacial score (nSPS) is 15.2. The average Bonchev–Trinajstić information content (AvgIpc) is 3.32. The van der Waals surface area contributed by atoms with E-state index < -0.39 is 6.04 Å². The lowest BCUT2D eigenvalue weighted by molar-refractivity contribution is 0.0730. The van der Waals surface area contributed by atoms with Crippen molar-refractivity contribution in [1.82, 2.24) is 15.1 Å². The summed E-state index contributed by atoms with van der Waals surface area (Å²) in [6.07, 6.45) is 0. The van der Waals surface area contributed by atoms with Gasteiger partial charge in [0.1, 0.15) is 23.0 Å². The third-order valence-electron chi connectivity index (χ3n) is 6.06. The smallest absolute Gasteiger partial charge is 0.273 e. The van der Waals surface area contributed by atoms with Crippen LogP contribution in [0.15, 0.2) is 60.7 Å². The number of carbonyl (C=O) groups is 1. The molecule has 0 aliphatic carbocycles. The molecule has 0 bridgehead atoms. The molecule has 33 heavy (non-hydrogen) atoms.